The summed E-state index contributed by atoms with van der Waals surface area (Å²) in [6.07, 6.45) is 5.15. The molecule has 1 nitrogen and oxygen atoms in total. The van der Waals surface area contributed by atoms with Gasteiger partial charge in [-0.05, 0) is 37.8 Å². The lowest BCUT2D eigenvalue weighted by Crippen LogP contribution is -2.30. The van der Waals surface area contributed by atoms with Crippen LogP contribution in [0.5, 0.6) is 0 Å². The van der Waals surface area contributed by atoms with Crippen molar-refractivity contribution in [2.45, 2.75) is 38.6 Å². The minimum atomic E-state index is 0.682. The highest BCUT2D eigenvalue weighted by molar-refractivity contribution is 9.09. The number of unbranched alkanes of at least 4 members (excludes halogenated alkanes) is 2. The van der Waals surface area contributed by atoms with E-state index >= 15 is 0 Å². The number of nitrogens with zero attached hydrogens (tertiary/aromatic N) is 1. The molecule has 1 atom stereocenters. The number of anilines is 1. The fourth-order valence-corrected chi connectivity index (χ4v) is 2.92. The summed E-state index contributed by atoms with van der Waals surface area (Å²) in [6, 6.07) is 9.52. The lowest BCUT2D eigenvalue weighted by atomic mass is 10.1. The van der Waals surface area contributed by atoms with E-state index in [1.807, 2.05) is 0 Å². The fraction of sp³-hybridized carbons (Fsp3) is 0.571. The van der Waals surface area contributed by atoms with Gasteiger partial charge in [0, 0.05) is 23.6 Å². The van der Waals surface area contributed by atoms with Crippen LogP contribution in [0.2, 0.25) is 0 Å². The molecular formula is C14H20BrN. The summed E-state index contributed by atoms with van der Waals surface area (Å²) in [5, 5.41) is 1.14. The van der Waals surface area contributed by atoms with Crippen LogP contribution >= 0.6 is 15.9 Å². The molecule has 2 heteroatoms. The minimum Gasteiger partial charge on any atom is -0.368 e. The molecule has 0 radical (unpaired) electrons. The maximum absolute atomic E-state index is 3.49. The highest BCUT2D eigenvalue weighted by Crippen LogP contribution is 2.31. The van der Waals surface area contributed by atoms with Gasteiger partial charge in [-0.1, -0.05) is 40.5 Å². The standard InChI is InChI=1S/C14H20BrN/c1-12-11-13-7-3-4-8-14(13)16(12)10-6-2-5-9-15/h3-4,7-8,12H,2,5-6,9-11H2,1H3. The first-order chi connectivity index (χ1) is 7.83. The van der Waals surface area contributed by atoms with Gasteiger partial charge in [0.05, 0.1) is 0 Å². The number of hydrogen-bond acceptors (Lipinski definition) is 1. The zero-order chi connectivity index (χ0) is 11.4. The zero-order valence-electron chi connectivity index (χ0n) is 9.95. The molecular weight excluding hydrogens is 262 g/mol. The number of halogens is 1. The lowest BCUT2D eigenvalue weighted by molar-refractivity contribution is 0.625. The van der Waals surface area contributed by atoms with Gasteiger partial charge in [-0.2, -0.15) is 0 Å². The summed E-state index contributed by atoms with van der Waals surface area (Å²) < 4.78 is 0. The summed E-state index contributed by atoms with van der Waals surface area (Å²) in [7, 11) is 0. The normalized spacial score (nSPS) is 18.9. The third kappa shape index (κ3) is 2.60. The molecule has 1 heterocycles. The Balaban J connectivity index is 1.94. The zero-order valence-corrected chi connectivity index (χ0v) is 11.5. The number of fused-ring (bicyclic) bond motifs is 1. The predicted octanol–water partition coefficient (Wildman–Crippen LogP) is 4.00. The molecule has 16 heavy (non-hydrogen) atoms. The van der Waals surface area contributed by atoms with Gasteiger partial charge < -0.3 is 4.90 Å². The van der Waals surface area contributed by atoms with E-state index in [9.17, 15) is 0 Å². The summed E-state index contributed by atoms with van der Waals surface area (Å²) >= 11 is 3.49. The van der Waals surface area contributed by atoms with Crippen LogP contribution in [0.25, 0.3) is 0 Å². The molecule has 0 N–H and O–H groups in total. The van der Waals surface area contributed by atoms with Crippen LogP contribution in [0.3, 0.4) is 0 Å². The fourth-order valence-electron chi connectivity index (χ4n) is 2.52. The molecule has 1 aromatic carbocycles. The molecule has 0 bridgehead atoms. The van der Waals surface area contributed by atoms with Crippen LogP contribution in [0, 0.1) is 0 Å². The second kappa shape index (κ2) is 5.72. The Morgan fingerprint density at radius 1 is 1.25 bits per heavy atom. The number of para-hydroxylation sites is 1. The van der Waals surface area contributed by atoms with E-state index in [-0.39, 0.29) is 0 Å². The van der Waals surface area contributed by atoms with E-state index in [1.165, 1.54) is 43.5 Å². The van der Waals surface area contributed by atoms with Gasteiger partial charge >= 0.3 is 0 Å². The summed E-state index contributed by atoms with van der Waals surface area (Å²) in [6.45, 7) is 3.55. The Hall–Kier alpha value is -0.500. The van der Waals surface area contributed by atoms with Crippen molar-refractivity contribution >= 4 is 21.6 Å². The van der Waals surface area contributed by atoms with Gasteiger partial charge in [-0.25, -0.2) is 0 Å². The highest BCUT2D eigenvalue weighted by atomic mass is 79.9. The third-order valence-corrected chi connectivity index (χ3v) is 3.94. The summed E-state index contributed by atoms with van der Waals surface area (Å²) in [5.41, 5.74) is 2.99. The van der Waals surface area contributed by atoms with Gasteiger partial charge in [0.2, 0.25) is 0 Å². The number of alkyl halides is 1. The van der Waals surface area contributed by atoms with Crippen LogP contribution in [0.1, 0.15) is 31.7 Å². The Morgan fingerprint density at radius 3 is 2.88 bits per heavy atom. The van der Waals surface area contributed by atoms with E-state index in [4.69, 9.17) is 0 Å². The molecule has 0 fully saturated rings. The smallest absolute Gasteiger partial charge is 0.0402 e. The Bertz CT molecular complexity index is 337. The molecule has 1 aliphatic rings. The van der Waals surface area contributed by atoms with Crippen molar-refractivity contribution < 1.29 is 0 Å². The van der Waals surface area contributed by atoms with Gasteiger partial charge in [0.1, 0.15) is 0 Å². The Kier molecular flexibility index (Phi) is 4.28. The van der Waals surface area contributed by atoms with Gasteiger partial charge in [-0.3, -0.25) is 0 Å². The molecule has 88 valence electrons. The largest absolute Gasteiger partial charge is 0.368 e. The van der Waals surface area contributed by atoms with Crippen molar-refractivity contribution in [1.82, 2.24) is 0 Å². The third-order valence-electron chi connectivity index (χ3n) is 3.38. The van der Waals surface area contributed by atoms with Crippen LogP contribution in [-0.2, 0) is 6.42 Å². The maximum Gasteiger partial charge on any atom is 0.0402 e. The predicted molar refractivity (Wildman–Crippen MR) is 74.6 cm³/mol. The van der Waals surface area contributed by atoms with Crippen molar-refractivity contribution in [3.05, 3.63) is 29.8 Å². The number of rotatable bonds is 5. The van der Waals surface area contributed by atoms with E-state index in [2.05, 4.69) is 52.0 Å². The van der Waals surface area contributed by atoms with E-state index in [0.717, 1.165) is 5.33 Å². The quantitative estimate of drug-likeness (QED) is 0.583. The second-order valence-corrected chi connectivity index (χ2v) is 5.42. The monoisotopic (exact) mass is 281 g/mol. The first-order valence-corrected chi connectivity index (χ1v) is 7.35. The average molecular weight is 282 g/mol. The van der Waals surface area contributed by atoms with E-state index < -0.39 is 0 Å². The first-order valence-electron chi connectivity index (χ1n) is 6.23. The van der Waals surface area contributed by atoms with Crippen molar-refractivity contribution in [2.75, 3.05) is 16.8 Å². The van der Waals surface area contributed by atoms with E-state index in [0.29, 0.717) is 6.04 Å². The first kappa shape index (κ1) is 12.0. The number of hydrogen-bond donors (Lipinski definition) is 0. The van der Waals surface area contributed by atoms with Crippen molar-refractivity contribution in [3.8, 4) is 0 Å². The number of benzene rings is 1. The molecule has 0 spiro atoms. The van der Waals surface area contributed by atoms with Crippen LogP contribution in [0.4, 0.5) is 5.69 Å². The van der Waals surface area contributed by atoms with Crippen molar-refractivity contribution in [2.24, 2.45) is 0 Å². The molecule has 1 aliphatic heterocycles. The Morgan fingerprint density at radius 2 is 2.06 bits per heavy atom. The second-order valence-electron chi connectivity index (χ2n) is 4.62. The highest BCUT2D eigenvalue weighted by Gasteiger charge is 2.24. The van der Waals surface area contributed by atoms with E-state index in [1.54, 1.807) is 0 Å². The lowest BCUT2D eigenvalue weighted by Gasteiger charge is -2.24. The van der Waals surface area contributed by atoms with Crippen molar-refractivity contribution in [1.29, 1.82) is 0 Å². The molecule has 0 amide bonds. The summed E-state index contributed by atoms with van der Waals surface area (Å²) in [5.74, 6) is 0. The molecule has 1 unspecified atom stereocenters. The summed E-state index contributed by atoms with van der Waals surface area (Å²) in [4.78, 5) is 2.57. The van der Waals surface area contributed by atoms with Crippen LogP contribution in [-0.4, -0.2) is 17.9 Å². The SMILES string of the molecule is CC1Cc2ccccc2N1CCCCCBr. The van der Waals surface area contributed by atoms with Gasteiger partial charge in [0.25, 0.3) is 0 Å². The maximum atomic E-state index is 3.49. The van der Waals surface area contributed by atoms with Gasteiger partial charge in [-0.15, -0.1) is 0 Å². The molecule has 0 saturated heterocycles. The molecule has 0 aromatic heterocycles. The van der Waals surface area contributed by atoms with Crippen LogP contribution < -0.4 is 4.90 Å². The van der Waals surface area contributed by atoms with Crippen molar-refractivity contribution in [3.63, 3.8) is 0 Å². The van der Waals surface area contributed by atoms with Gasteiger partial charge in [0.15, 0.2) is 0 Å². The minimum absolute atomic E-state index is 0.682. The molecule has 2 rings (SSSR count). The topological polar surface area (TPSA) is 3.24 Å². The molecule has 0 aliphatic carbocycles. The molecule has 0 saturated carbocycles. The Labute approximate surface area is 107 Å². The average Bonchev–Trinajstić information content (AvgIpc) is 2.61. The molecule has 1 aromatic rings. The van der Waals surface area contributed by atoms with Crippen LogP contribution in [0.15, 0.2) is 24.3 Å².